The third-order valence-electron chi connectivity index (χ3n) is 3.16. The molecule has 2 N–H and O–H groups in total. The fourth-order valence-corrected chi connectivity index (χ4v) is 2.14. The molecule has 0 amide bonds. The summed E-state index contributed by atoms with van der Waals surface area (Å²) in [7, 11) is 0. The largest absolute Gasteiger partial charge is 0.383 e. The predicted molar refractivity (Wildman–Crippen MR) is 82.5 cm³/mol. The molecule has 0 aliphatic rings. The van der Waals surface area contributed by atoms with Crippen LogP contribution in [0.3, 0.4) is 0 Å². The summed E-state index contributed by atoms with van der Waals surface area (Å²) in [6, 6.07) is 6.20. The molecule has 0 atom stereocenters. The minimum absolute atomic E-state index is 0.113. The molecule has 0 fully saturated rings. The van der Waals surface area contributed by atoms with Crippen LogP contribution in [0.15, 0.2) is 30.6 Å². The van der Waals surface area contributed by atoms with Crippen molar-refractivity contribution in [2.24, 2.45) is 0 Å². The average Bonchev–Trinajstić information content (AvgIpc) is 2.86. The number of nitrogens with two attached hydrogens (primary N) is 1. The summed E-state index contributed by atoms with van der Waals surface area (Å²) in [6.07, 6.45) is 1.40. The van der Waals surface area contributed by atoms with Crippen LogP contribution in [0.4, 0.5) is 10.2 Å². The first-order valence-electron chi connectivity index (χ1n) is 6.82. The van der Waals surface area contributed by atoms with E-state index in [-0.39, 0.29) is 11.9 Å². The SMILES string of the molecule is CC(C)n1nc(C#Cc2cccc(F)c2)c2c(N)ncnc21. The van der Waals surface area contributed by atoms with Crippen LogP contribution in [0.5, 0.6) is 0 Å². The second-order valence-corrected chi connectivity index (χ2v) is 5.10. The first kappa shape index (κ1) is 14.0. The molecule has 22 heavy (non-hydrogen) atoms. The maximum atomic E-state index is 13.2. The van der Waals surface area contributed by atoms with Gasteiger partial charge in [-0.1, -0.05) is 12.0 Å². The lowest BCUT2D eigenvalue weighted by Crippen LogP contribution is -2.04. The molecule has 5 nitrogen and oxygen atoms in total. The van der Waals surface area contributed by atoms with E-state index >= 15 is 0 Å². The van der Waals surface area contributed by atoms with Crippen molar-refractivity contribution in [1.82, 2.24) is 19.7 Å². The van der Waals surface area contributed by atoms with Crippen LogP contribution in [0.1, 0.15) is 31.1 Å². The lowest BCUT2D eigenvalue weighted by molar-refractivity contribution is 0.545. The minimum Gasteiger partial charge on any atom is -0.383 e. The molecule has 0 saturated carbocycles. The van der Waals surface area contributed by atoms with Gasteiger partial charge >= 0.3 is 0 Å². The van der Waals surface area contributed by atoms with Gasteiger partial charge in [0.1, 0.15) is 23.7 Å². The van der Waals surface area contributed by atoms with E-state index in [1.807, 2.05) is 13.8 Å². The number of hydrogen-bond donors (Lipinski definition) is 1. The Morgan fingerprint density at radius 3 is 2.77 bits per heavy atom. The van der Waals surface area contributed by atoms with Crippen LogP contribution >= 0.6 is 0 Å². The van der Waals surface area contributed by atoms with Gasteiger partial charge in [-0.3, -0.25) is 0 Å². The fourth-order valence-electron chi connectivity index (χ4n) is 2.14. The van der Waals surface area contributed by atoms with E-state index < -0.39 is 0 Å². The monoisotopic (exact) mass is 295 g/mol. The first-order chi connectivity index (χ1) is 10.6. The highest BCUT2D eigenvalue weighted by Gasteiger charge is 2.15. The van der Waals surface area contributed by atoms with Gasteiger partial charge in [0.25, 0.3) is 0 Å². The summed E-state index contributed by atoms with van der Waals surface area (Å²) in [5.41, 5.74) is 7.64. The van der Waals surface area contributed by atoms with Crippen LogP contribution in [0.25, 0.3) is 11.0 Å². The number of anilines is 1. The van der Waals surface area contributed by atoms with Gasteiger partial charge in [0.15, 0.2) is 5.65 Å². The second-order valence-electron chi connectivity index (χ2n) is 5.10. The van der Waals surface area contributed by atoms with Crippen LogP contribution in [-0.2, 0) is 0 Å². The maximum absolute atomic E-state index is 13.2. The van der Waals surface area contributed by atoms with Crippen LogP contribution in [-0.4, -0.2) is 19.7 Å². The number of aromatic nitrogens is 4. The van der Waals surface area contributed by atoms with Gasteiger partial charge in [-0.2, -0.15) is 5.10 Å². The summed E-state index contributed by atoms with van der Waals surface area (Å²) in [6.45, 7) is 3.99. The smallest absolute Gasteiger partial charge is 0.164 e. The first-order valence-corrected chi connectivity index (χ1v) is 6.82. The highest BCUT2D eigenvalue weighted by Crippen LogP contribution is 2.23. The number of hydrogen-bond acceptors (Lipinski definition) is 4. The molecular weight excluding hydrogens is 281 g/mol. The van der Waals surface area contributed by atoms with E-state index in [4.69, 9.17) is 5.73 Å². The molecule has 0 unspecified atom stereocenters. The lowest BCUT2D eigenvalue weighted by atomic mass is 10.2. The van der Waals surface area contributed by atoms with Crippen LogP contribution in [0.2, 0.25) is 0 Å². The summed E-state index contributed by atoms with van der Waals surface area (Å²) in [4.78, 5) is 8.23. The van der Waals surface area contributed by atoms with Crippen molar-refractivity contribution in [3.63, 3.8) is 0 Å². The van der Waals surface area contributed by atoms with Crippen LogP contribution in [0, 0.1) is 17.7 Å². The third-order valence-corrected chi connectivity index (χ3v) is 3.16. The fraction of sp³-hybridized carbons (Fsp3) is 0.188. The van der Waals surface area contributed by atoms with E-state index in [9.17, 15) is 4.39 Å². The third kappa shape index (κ3) is 2.49. The molecule has 1 aromatic carbocycles. The summed E-state index contributed by atoms with van der Waals surface area (Å²) < 4.78 is 14.9. The van der Waals surface area contributed by atoms with E-state index in [1.165, 1.54) is 18.5 Å². The number of nitrogens with zero attached hydrogens (tertiary/aromatic N) is 4. The maximum Gasteiger partial charge on any atom is 0.164 e. The molecule has 0 saturated heterocycles. The zero-order valence-corrected chi connectivity index (χ0v) is 12.2. The van der Waals surface area contributed by atoms with Crippen molar-refractivity contribution in [2.45, 2.75) is 19.9 Å². The molecule has 2 aromatic heterocycles. The topological polar surface area (TPSA) is 69.6 Å². The Balaban J connectivity index is 2.16. The molecule has 110 valence electrons. The van der Waals surface area contributed by atoms with Gasteiger partial charge in [0.2, 0.25) is 0 Å². The molecule has 0 radical (unpaired) electrons. The zero-order chi connectivity index (χ0) is 15.7. The number of fused-ring (bicyclic) bond motifs is 1. The molecule has 0 bridgehead atoms. The Morgan fingerprint density at radius 1 is 1.23 bits per heavy atom. The molecule has 3 aromatic rings. The summed E-state index contributed by atoms with van der Waals surface area (Å²) >= 11 is 0. The lowest BCUT2D eigenvalue weighted by Gasteiger charge is -2.05. The molecule has 0 aliphatic carbocycles. The van der Waals surface area contributed by atoms with Gasteiger partial charge in [-0.05, 0) is 38.0 Å². The number of benzene rings is 1. The predicted octanol–water partition coefficient (Wildman–Crippen LogP) is 2.53. The van der Waals surface area contributed by atoms with E-state index in [1.54, 1.807) is 16.8 Å². The highest BCUT2D eigenvalue weighted by molar-refractivity contribution is 5.90. The molecule has 2 heterocycles. The van der Waals surface area contributed by atoms with Gasteiger partial charge in [0.05, 0.1) is 5.39 Å². The Hall–Kier alpha value is -2.94. The van der Waals surface area contributed by atoms with Crippen molar-refractivity contribution in [3.8, 4) is 11.8 Å². The van der Waals surface area contributed by atoms with Gasteiger partial charge in [-0.15, -0.1) is 0 Å². The van der Waals surface area contributed by atoms with Crippen molar-refractivity contribution in [1.29, 1.82) is 0 Å². The average molecular weight is 295 g/mol. The summed E-state index contributed by atoms with van der Waals surface area (Å²) in [5.74, 6) is 5.84. The number of rotatable bonds is 1. The van der Waals surface area contributed by atoms with E-state index in [0.717, 1.165) is 0 Å². The van der Waals surface area contributed by atoms with E-state index in [2.05, 4.69) is 26.9 Å². The van der Waals surface area contributed by atoms with E-state index in [0.29, 0.717) is 28.1 Å². The summed E-state index contributed by atoms with van der Waals surface area (Å²) in [5, 5.41) is 5.08. The molecule has 0 aliphatic heterocycles. The van der Waals surface area contributed by atoms with Crippen molar-refractivity contribution >= 4 is 16.9 Å². The zero-order valence-electron chi connectivity index (χ0n) is 12.2. The Bertz CT molecular complexity index is 902. The normalized spacial score (nSPS) is 10.7. The van der Waals surface area contributed by atoms with Gasteiger partial charge in [0, 0.05) is 11.6 Å². The van der Waals surface area contributed by atoms with Crippen molar-refractivity contribution < 1.29 is 4.39 Å². The van der Waals surface area contributed by atoms with Crippen molar-refractivity contribution in [2.75, 3.05) is 5.73 Å². The number of halogens is 1. The quantitative estimate of drug-likeness (QED) is 0.700. The Morgan fingerprint density at radius 2 is 2.05 bits per heavy atom. The minimum atomic E-state index is -0.327. The Labute approximate surface area is 127 Å². The second kappa shape index (κ2) is 5.45. The van der Waals surface area contributed by atoms with Crippen LogP contribution < -0.4 is 5.73 Å². The molecule has 3 rings (SSSR count). The van der Waals surface area contributed by atoms with Gasteiger partial charge < -0.3 is 5.73 Å². The Kier molecular flexibility index (Phi) is 3.47. The molecular formula is C16H14FN5. The number of nitrogen functional groups attached to an aromatic ring is 1. The molecule has 0 spiro atoms. The van der Waals surface area contributed by atoms with Crippen molar-refractivity contribution in [3.05, 3.63) is 47.7 Å². The highest BCUT2D eigenvalue weighted by atomic mass is 19.1. The van der Waals surface area contributed by atoms with Gasteiger partial charge in [-0.25, -0.2) is 19.0 Å². The molecule has 6 heteroatoms. The standard InChI is InChI=1S/C16H14FN5/c1-10(2)22-16-14(15(18)19-9-20-16)13(21-22)7-6-11-4-3-5-12(17)8-11/h3-5,8-10H,1-2H3,(H2,18,19,20).